The van der Waals surface area contributed by atoms with Gasteiger partial charge in [-0.25, -0.2) is 0 Å². The van der Waals surface area contributed by atoms with Crippen molar-refractivity contribution in [2.45, 2.75) is 32.7 Å². The Labute approximate surface area is 185 Å². The van der Waals surface area contributed by atoms with Gasteiger partial charge in [0.2, 0.25) is 0 Å². The van der Waals surface area contributed by atoms with Crippen LogP contribution in [0.5, 0.6) is 5.75 Å². The minimum Gasteiger partial charge on any atom is -0.494 e. The molecule has 0 saturated carbocycles. The van der Waals surface area contributed by atoms with Gasteiger partial charge < -0.3 is 9.64 Å². The summed E-state index contributed by atoms with van der Waals surface area (Å²) in [5.41, 5.74) is 7.30. The van der Waals surface area contributed by atoms with Crippen molar-refractivity contribution in [3.05, 3.63) is 107 Å². The van der Waals surface area contributed by atoms with Gasteiger partial charge in [-0.05, 0) is 60.1 Å². The Bertz CT molecular complexity index is 1080. The van der Waals surface area contributed by atoms with E-state index in [1.165, 1.54) is 28.1 Å². The van der Waals surface area contributed by atoms with E-state index in [1.807, 2.05) is 19.1 Å². The molecular weight excluding hydrogens is 380 g/mol. The Morgan fingerprint density at radius 1 is 0.935 bits per heavy atom. The van der Waals surface area contributed by atoms with Gasteiger partial charge in [-0.3, -0.25) is 4.99 Å². The van der Waals surface area contributed by atoms with E-state index in [4.69, 9.17) is 9.73 Å². The van der Waals surface area contributed by atoms with Crippen LogP contribution in [0.4, 0.5) is 5.69 Å². The molecule has 31 heavy (non-hydrogen) atoms. The van der Waals surface area contributed by atoms with Crippen LogP contribution in [-0.2, 0) is 12.0 Å². The van der Waals surface area contributed by atoms with E-state index in [0.717, 1.165) is 11.5 Å². The molecule has 0 aromatic heterocycles. The molecule has 0 radical (unpaired) electrons. The lowest BCUT2D eigenvalue weighted by molar-refractivity contribution is 0.340. The van der Waals surface area contributed by atoms with Crippen molar-refractivity contribution in [1.29, 1.82) is 0 Å². The molecule has 2 aliphatic rings. The highest BCUT2D eigenvalue weighted by atomic mass is 16.5. The molecular formula is C28H30N2O. The van der Waals surface area contributed by atoms with Gasteiger partial charge in [0, 0.05) is 23.8 Å². The summed E-state index contributed by atoms with van der Waals surface area (Å²) in [5, 5.41) is 0. The number of hydrogen-bond acceptors (Lipinski definition) is 3. The van der Waals surface area contributed by atoms with E-state index < -0.39 is 0 Å². The minimum absolute atomic E-state index is 0.00512. The number of allylic oxidation sites excluding steroid dienone is 8. The maximum Gasteiger partial charge on any atom is 0.119 e. The first-order valence-electron chi connectivity index (χ1n) is 10.9. The van der Waals surface area contributed by atoms with E-state index in [9.17, 15) is 0 Å². The second kappa shape index (κ2) is 8.81. The minimum atomic E-state index is -0.00512. The zero-order valence-electron chi connectivity index (χ0n) is 18.8. The number of hydrogen-bond donors (Lipinski definition) is 0. The van der Waals surface area contributed by atoms with E-state index in [-0.39, 0.29) is 5.41 Å². The number of benzene rings is 2. The molecule has 3 heteroatoms. The molecule has 0 N–H and O–H groups in total. The molecule has 0 saturated heterocycles. The molecule has 1 aliphatic heterocycles. The van der Waals surface area contributed by atoms with Gasteiger partial charge >= 0.3 is 0 Å². The van der Waals surface area contributed by atoms with Crippen molar-refractivity contribution in [3.63, 3.8) is 0 Å². The van der Waals surface area contributed by atoms with Crippen molar-refractivity contribution >= 4 is 11.4 Å². The van der Waals surface area contributed by atoms with Crippen LogP contribution in [-0.4, -0.2) is 19.4 Å². The van der Waals surface area contributed by atoms with Gasteiger partial charge in [0.1, 0.15) is 5.75 Å². The molecule has 0 atom stereocenters. The van der Waals surface area contributed by atoms with Gasteiger partial charge in [0.15, 0.2) is 0 Å². The predicted octanol–water partition coefficient (Wildman–Crippen LogP) is 6.39. The number of anilines is 1. The molecule has 158 valence electrons. The van der Waals surface area contributed by atoms with Crippen LogP contribution in [0, 0.1) is 0 Å². The van der Waals surface area contributed by atoms with Crippen LogP contribution in [0.3, 0.4) is 0 Å². The maximum absolute atomic E-state index is 5.49. The Balaban J connectivity index is 1.44. The zero-order chi connectivity index (χ0) is 21.8. The third-order valence-electron chi connectivity index (χ3n) is 5.95. The van der Waals surface area contributed by atoms with E-state index in [2.05, 4.69) is 98.6 Å². The SMILES string of the molecule is CCOc1ccc(CN=C2C=CC(=CC=C3N(C)c4ccccc4C3(C)C)C=C2)cc1. The normalized spacial score (nSPS) is 17.8. The van der Waals surface area contributed by atoms with E-state index >= 15 is 0 Å². The average Bonchev–Trinajstić information content (AvgIpc) is 2.98. The molecule has 0 unspecified atom stereocenters. The Kier molecular flexibility index (Phi) is 5.94. The molecule has 0 spiro atoms. The third kappa shape index (κ3) is 4.41. The zero-order valence-corrected chi connectivity index (χ0v) is 18.8. The molecule has 1 aliphatic carbocycles. The largest absolute Gasteiger partial charge is 0.494 e. The van der Waals surface area contributed by atoms with Gasteiger partial charge in [-0.2, -0.15) is 0 Å². The number of nitrogens with zero attached hydrogens (tertiary/aromatic N) is 2. The summed E-state index contributed by atoms with van der Waals surface area (Å²) in [6, 6.07) is 16.8. The Hall–Kier alpha value is -3.33. The van der Waals surface area contributed by atoms with Gasteiger partial charge in [-0.1, -0.05) is 62.4 Å². The van der Waals surface area contributed by atoms with Crippen LogP contribution < -0.4 is 9.64 Å². The number of para-hydroxylation sites is 1. The summed E-state index contributed by atoms with van der Waals surface area (Å²) in [6.45, 7) is 7.92. The Morgan fingerprint density at radius 2 is 1.65 bits per heavy atom. The summed E-state index contributed by atoms with van der Waals surface area (Å²) >= 11 is 0. The summed E-state index contributed by atoms with van der Waals surface area (Å²) in [4.78, 5) is 7.01. The van der Waals surface area contributed by atoms with Gasteiger partial charge in [0.25, 0.3) is 0 Å². The lowest BCUT2D eigenvalue weighted by Gasteiger charge is -2.23. The molecule has 2 aromatic carbocycles. The first-order valence-corrected chi connectivity index (χ1v) is 10.9. The summed E-state index contributed by atoms with van der Waals surface area (Å²) in [6.07, 6.45) is 12.8. The standard InChI is InChI=1S/C28H30N2O/c1-5-31-24-17-12-22(13-18-24)20-29-23-15-10-21(11-16-23)14-19-27-28(2,3)25-8-6-7-9-26(25)30(27)4/h6-19H,5,20H2,1-4H3. The van der Waals surface area contributed by atoms with Gasteiger partial charge in [-0.15, -0.1) is 0 Å². The van der Waals surface area contributed by atoms with Crippen molar-refractivity contribution in [2.24, 2.45) is 4.99 Å². The maximum atomic E-state index is 5.49. The average molecular weight is 411 g/mol. The molecule has 4 rings (SSSR count). The highest BCUT2D eigenvalue weighted by Gasteiger charge is 2.37. The summed E-state index contributed by atoms with van der Waals surface area (Å²) in [5.74, 6) is 0.902. The second-order valence-electron chi connectivity index (χ2n) is 8.40. The topological polar surface area (TPSA) is 24.8 Å². The fraction of sp³-hybridized carbons (Fsp3) is 0.250. The van der Waals surface area contributed by atoms with E-state index in [1.54, 1.807) is 0 Å². The van der Waals surface area contributed by atoms with Crippen LogP contribution in [0.15, 0.2) is 101 Å². The summed E-state index contributed by atoms with van der Waals surface area (Å²) in [7, 11) is 2.15. The molecule has 0 amide bonds. The molecule has 2 aromatic rings. The smallest absolute Gasteiger partial charge is 0.119 e. The highest BCUT2D eigenvalue weighted by Crippen LogP contribution is 2.46. The number of likely N-dealkylation sites (N-methyl/N-ethyl adjacent to an activating group) is 1. The second-order valence-corrected chi connectivity index (χ2v) is 8.40. The highest BCUT2D eigenvalue weighted by molar-refractivity contribution is 6.05. The van der Waals surface area contributed by atoms with Crippen molar-refractivity contribution in [2.75, 3.05) is 18.6 Å². The molecule has 0 bridgehead atoms. The fourth-order valence-corrected chi connectivity index (χ4v) is 4.21. The van der Waals surface area contributed by atoms with E-state index in [0.29, 0.717) is 13.2 Å². The first-order chi connectivity index (χ1) is 15.0. The predicted molar refractivity (Wildman–Crippen MR) is 131 cm³/mol. The monoisotopic (exact) mass is 410 g/mol. The van der Waals surface area contributed by atoms with Crippen LogP contribution in [0.1, 0.15) is 31.9 Å². The fourth-order valence-electron chi connectivity index (χ4n) is 4.21. The quantitative estimate of drug-likeness (QED) is 0.570. The first kappa shape index (κ1) is 20.9. The number of rotatable bonds is 5. The van der Waals surface area contributed by atoms with Crippen molar-refractivity contribution < 1.29 is 4.74 Å². The summed E-state index contributed by atoms with van der Waals surface area (Å²) < 4.78 is 5.49. The molecule has 0 fully saturated rings. The number of fused-ring (bicyclic) bond motifs is 1. The lowest BCUT2D eigenvalue weighted by Crippen LogP contribution is -2.22. The van der Waals surface area contributed by atoms with Crippen LogP contribution >= 0.6 is 0 Å². The molecule has 1 heterocycles. The van der Waals surface area contributed by atoms with Gasteiger partial charge in [0.05, 0.1) is 18.9 Å². The Morgan fingerprint density at radius 3 is 2.32 bits per heavy atom. The van der Waals surface area contributed by atoms with Crippen molar-refractivity contribution in [3.8, 4) is 5.75 Å². The number of ether oxygens (including phenoxy) is 1. The molecule has 3 nitrogen and oxygen atoms in total. The lowest BCUT2D eigenvalue weighted by atomic mass is 9.83. The number of aliphatic imine (C=N–C) groups is 1. The van der Waals surface area contributed by atoms with Crippen LogP contribution in [0.25, 0.3) is 0 Å². The third-order valence-corrected chi connectivity index (χ3v) is 5.95. The van der Waals surface area contributed by atoms with Crippen molar-refractivity contribution in [1.82, 2.24) is 0 Å². The van der Waals surface area contributed by atoms with Crippen LogP contribution in [0.2, 0.25) is 0 Å².